The minimum Gasteiger partial charge on any atom is -0.328 e. The van der Waals surface area contributed by atoms with Gasteiger partial charge in [-0.25, -0.2) is 9.97 Å². The van der Waals surface area contributed by atoms with E-state index in [0.29, 0.717) is 6.42 Å². The van der Waals surface area contributed by atoms with Crippen molar-refractivity contribution in [3.63, 3.8) is 0 Å². The minimum absolute atomic E-state index is 0.0756. The van der Waals surface area contributed by atoms with Crippen molar-refractivity contribution in [1.29, 1.82) is 0 Å². The third-order valence-electron chi connectivity index (χ3n) is 3.14. The average Bonchev–Trinajstić information content (AvgIpc) is 2.90. The Kier molecular flexibility index (Phi) is 4.56. The largest absolute Gasteiger partial charge is 0.328 e. The van der Waals surface area contributed by atoms with E-state index in [0.717, 1.165) is 25.1 Å². The van der Waals surface area contributed by atoms with Gasteiger partial charge in [0.25, 0.3) is 5.69 Å². The Morgan fingerprint density at radius 1 is 1.43 bits per heavy atom. The molecule has 2 heterocycles. The molecular formula is C15H14N4O2S2. The highest BCUT2D eigenvalue weighted by Gasteiger charge is 2.15. The Morgan fingerprint density at radius 3 is 2.96 bits per heavy atom. The molecule has 0 aliphatic rings. The molecule has 3 aromatic rings. The standard InChI is InChI=1S/C15H14N4O2S2/c1-9(16)7-10-8-11(19(20)21)4-5-13(10)22-15-18-12-3-2-6-17-14(12)23-15/h2-6,8-9H,7,16H2,1H3. The van der Waals surface area contributed by atoms with Crippen molar-refractivity contribution in [2.24, 2.45) is 5.73 Å². The van der Waals surface area contributed by atoms with Crippen LogP contribution in [0.25, 0.3) is 10.3 Å². The van der Waals surface area contributed by atoms with Gasteiger partial charge in [-0.2, -0.15) is 0 Å². The maximum Gasteiger partial charge on any atom is 0.269 e. The lowest BCUT2D eigenvalue weighted by Gasteiger charge is -2.10. The quantitative estimate of drug-likeness (QED) is 0.560. The molecule has 23 heavy (non-hydrogen) atoms. The van der Waals surface area contributed by atoms with E-state index < -0.39 is 0 Å². The molecule has 0 spiro atoms. The molecular weight excluding hydrogens is 332 g/mol. The first-order valence-electron chi connectivity index (χ1n) is 6.95. The molecule has 0 amide bonds. The number of pyridine rings is 1. The first-order chi connectivity index (χ1) is 11.0. The van der Waals surface area contributed by atoms with E-state index in [4.69, 9.17) is 5.73 Å². The summed E-state index contributed by atoms with van der Waals surface area (Å²) in [5.74, 6) is 0. The summed E-state index contributed by atoms with van der Waals surface area (Å²) in [6.07, 6.45) is 2.32. The first-order valence-corrected chi connectivity index (χ1v) is 8.58. The molecule has 0 bridgehead atoms. The molecule has 0 fully saturated rings. The molecule has 0 radical (unpaired) electrons. The molecule has 1 aromatic carbocycles. The second-order valence-electron chi connectivity index (χ2n) is 5.14. The van der Waals surface area contributed by atoms with E-state index in [2.05, 4.69) is 9.97 Å². The Balaban J connectivity index is 1.95. The number of hydrogen-bond acceptors (Lipinski definition) is 7. The van der Waals surface area contributed by atoms with Gasteiger partial charge in [0.1, 0.15) is 10.3 Å². The monoisotopic (exact) mass is 346 g/mol. The number of aromatic nitrogens is 2. The number of thiazole rings is 1. The minimum atomic E-state index is -0.388. The molecule has 2 aromatic heterocycles. The number of benzene rings is 1. The predicted octanol–water partition coefficient (Wildman–Crippen LogP) is 3.64. The highest BCUT2D eigenvalue weighted by Crippen LogP contribution is 2.36. The third kappa shape index (κ3) is 3.66. The van der Waals surface area contributed by atoms with Crippen molar-refractivity contribution in [1.82, 2.24) is 9.97 Å². The van der Waals surface area contributed by atoms with Gasteiger partial charge in [0.15, 0.2) is 4.34 Å². The number of nitrogens with two attached hydrogens (primary N) is 1. The molecule has 1 unspecified atom stereocenters. The van der Waals surface area contributed by atoms with Gasteiger partial charge < -0.3 is 5.73 Å². The van der Waals surface area contributed by atoms with Crippen molar-refractivity contribution in [3.05, 3.63) is 52.2 Å². The van der Waals surface area contributed by atoms with Crippen LogP contribution in [0, 0.1) is 10.1 Å². The summed E-state index contributed by atoms with van der Waals surface area (Å²) in [5, 5.41) is 11.0. The number of nitro benzene ring substituents is 1. The summed E-state index contributed by atoms with van der Waals surface area (Å²) in [5.41, 5.74) is 7.68. The predicted molar refractivity (Wildman–Crippen MR) is 92.0 cm³/mol. The summed E-state index contributed by atoms with van der Waals surface area (Å²) in [7, 11) is 0. The zero-order chi connectivity index (χ0) is 16.4. The van der Waals surface area contributed by atoms with Crippen LogP contribution >= 0.6 is 23.1 Å². The molecule has 0 saturated carbocycles. The number of nitro groups is 1. The topological polar surface area (TPSA) is 94.9 Å². The SMILES string of the molecule is CC(N)Cc1cc([N+](=O)[O-])ccc1Sc1nc2cccnc2s1. The molecule has 6 nitrogen and oxygen atoms in total. The second kappa shape index (κ2) is 6.61. The Hall–Kier alpha value is -2.03. The Labute approximate surface area is 140 Å². The van der Waals surface area contributed by atoms with E-state index in [-0.39, 0.29) is 16.7 Å². The van der Waals surface area contributed by atoms with Gasteiger partial charge in [0.2, 0.25) is 0 Å². The molecule has 0 saturated heterocycles. The second-order valence-corrected chi connectivity index (χ2v) is 7.41. The normalized spacial score (nSPS) is 12.4. The lowest BCUT2D eigenvalue weighted by atomic mass is 10.1. The van der Waals surface area contributed by atoms with E-state index >= 15 is 0 Å². The van der Waals surface area contributed by atoms with Crippen LogP contribution < -0.4 is 5.73 Å². The Bertz CT molecular complexity index is 831. The van der Waals surface area contributed by atoms with Crippen LogP contribution in [-0.4, -0.2) is 20.9 Å². The van der Waals surface area contributed by atoms with Crippen molar-refractivity contribution in [2.75, 3.05) is 0 Å². The lowest BCUT2D eigenvalue weighted by Crippen LogP contribution is -2.18. The van der Waals surface area contributed by atoms with Gasteiger partial charge in [-0.1, -0.05) is 23.1 Å². The summed E-state index contributed by atoms with van der Waals surface area (Å²) in [6.45, 7) is 1.88. The van der Waals surface area contributed by atoms with Crippen LogP contribution in [0.4, 0.5) is 5.69 Å². The number of non-ortho nitro benzene ring substituents is 1. The van der Waals surface area contributed by atoms with E-state index in [1.165, 1.54) is 29.2 Å². The number of fused-ring (bicyclic) bond motifs is 1. The molecule has 0 aliphatic heterocycles. The van der Waals surface area contributed by atoms with Gasteiger partial charge in [-0.3, -0.25) is 10.1 Å². The molecule has 118 valence electrons. The van der Waals surface area contributed by atoms with Crippen LogP contribution in [0.1, 0.15) is 12.5 Å². The first kappa shape index (κ1) is 15.9. The van der Waals surface area contributed by atoms with Crippen LogP contribution in [0.15, 0.2) is 45.8 Å². The fourth-order valence-corrected chi connectivity index (χ4v) is 4.23. The maximum atomic E-state index is 11.0. The van der Waals surface area contributed by atoms with Gasteiger partial charge in [-0.05, 0) is 37.1 Å². The van der Waals surface area contributed by atoms with Crippen molar-refractivity contribution >= 4 is 39.1 Å². The fraction of sp³-hybridized carbons (Fsp3) is 0.200. The number of nitrogens with zero attached hydrogens (tertiary/aromatic N) is 3. The fourth-order valence-electron chi connectivity index (χ4n) is 2.17. The molecule has 0 aliphatic carbocycles. The summed E-state index contributed by atoms with van der Waals surface area (Å²) in [6, 6.07) is 8.56. The van der Waals surface area contributed by atoms with Crippen LogP contribution in [-0.2, 0) is 6.42 Å². The van der Waals surface area contributed by atoms with Crippen molar-refractivity contribution < 1.29 is 4.92 Å². The summed E-state index contributed by atoms with van der Waals surface area (Å²) >= 11 is 3.00. The van der Waals surface area contributed by atoms with Gasteiger partial charge in [0.05, 0.1) is 4.92 Å². The van der Waals surface area contributed by atoms with Gasteiger partial charge in [-0.15, -0.1) is 0 Å². The van der Waals surface area contributed by atoms with Crippen LogP contribution in [0.5, 0.6) is 0 Å². The van der Waals surface area contributed by atoms with Gasteiger partial charge in [0, 0.05) is 29.3 Å². The molecule has 3 rings (SSSR count). The Morgan fingerprint density at radius 2 is 2.26 bits per heavy atom. The van der Waals surface area contributed by atoms with E-state index in [9.17, 15) is 10.1 Å². The lowest BCUT2D eigenvalue weighted by molar-refractivity contribution is -0.385. The zero-order valence-electron chi connectivity index (χ0n) is 12.3. The molecule has 1 atom stereocenters. The highest BCUT2D eigenvalue weighted by molar-refractivity contribution is 8.01. The zero-order valence-corrected chi connectivity index (χ0v) is 13.9. The average molecular weight is 346 g/mol. The maximum absolute atomic E-state index is 11.0. The van der Waals surface area contributed by atoms with E-state index in [1.807, 2.05) is 19.1 Å². The van der Waals surface area contributed by atoms with Crippen LogP contribution in [0.3, 0.4) is 0 Å². The van der Waals surface area contributed by atoms with E-state index in [1.54, 1.807) is 18.3 Å². The van der Waals surface area contributed by atoms with Crippen molar-refractivity contribution in [3.8, 4) is 0 Å². The smallest absolute Gasteiger partial charge is 0.269 e. The van der Waals surface area contributed by atoms with Gasteiger partial charge >= 0.3 is 0 Å². The molecule has 8 heteroatoms. The molecule has 2 N–H and O–H groups in total. The number of rotatable bonds is 5. The third-order valence-corrected chi connectivity index (χ3v) is 5.30. The highest BCUT2D eigenvalue weighted by atomic mass is 32.2. The summed E-state index contributed by atoms with van der Waals surface area (Å²) < 4.78 is 0.860. The summed E-state index contributed by atoms with van der Waals surface area (Å²) in [4.78, 5) is 21.2. The number of hydrogen-bond donors (Lipinski definition) is 1. The van der Waals surface area contributed by atoms with Crippen molar-refractivity contribution in [2.45, 2.75) is 28.6 Å². The van der Waals surface area contributed by atoms with Crippen LogP contribution in [0.2, 0.25) is 0 Å².